The summed E-state index contributed by atoms with van der Waals surface area (Å²) in [6.45, 7) is 4.83. The van der Waals surface area contributed by atoms with Crippen LogP contribution in [0.2, 0.25) is 0 Å². The predicted molar refractivity (Wildman–Crippen MR) is 83.9 cm³/mol. The first-order valence-electron chi connectivity index (χ1n) is 7.49. The summed E-state index contributed by atoms with van der Waals surface area (Å²) in [6.07, 6.45) is 0.740. The zero-order valence-electron chi connectivity index (χ0n) is 13.3. The summed E-state index contributed by atoms with van der Waals surface area (Å²) < 4.78 is 5.10. The van der Waals surface area contributed by atoms with E-state index in [2.05, 4.69) is 10.6 Å². The molecule has 0 bridgehead atoms. The van der Waals surface area contributed by atoms with E-state index in [0.717, 1.165) is 17.7 Å². The van der Waals surface area contributed by atoms with E-state index in [1.54, 1.807) is 12.0 Å². The van der Waals surface area contributed by atoms with E-state index >= 15 is 0 Å². The van der Waals surface area contributed by atoms with Gasteiger partial charge in [0.2, 0.25) is 5.91 Å². The Labute approximate surface area is 130 Å². The Bertz CT molecular complexity index is 528. The monoisotopic (exact) mass is 305 g/mol. The number of hydrogen-bond acceptors (Lipinski definition) is 3. The average Bonchev–Trinajstić information content (AvgIpc) is 2.90. The van der Waals surface area contributed by atoms with Gasteiger partial charge in [0.15, 0.2) is 0 Å². The minimum Gasteiger partial charge on any atom is -0.497 e. The van der Waals surface area contributed by atoms with Crippen molar-refractivity contribution < 1.29 is 14.3 Å². The van der Waals surface area contributed by atoms with Gasteiger partial charge in [-0.3, -0.25) is 4.79 Å². The summed E-state index contributed by atoms with van der Waals surface area (Å²) in [5.41, 5.74) is 1.13. The first-order valence-corrected chi connectivity index (χ1v) is 7.49. The smallest absolute Gasteiger partial charge is 0.318 e. The summed E-state index contributed by atoms with van der Waals surface area (Å²) >= 11 is 0. The van der Waals surface area contributed by atoms with Crippen molar-refractivity contribution in [1.82, 2.24) is 15.5 Å². The van der Waals surface area contributed by atoms with E-state index in [1.807, 2.05) is 38.1 Å². The van der Waals surface area contributed by atoms with Gasteiger partial charge in [0.05, 0.1) is 13.7 Å². The molecule has 0 radical (unpaired) electrons. The summed E-state index contributed by atoms with van der Waals surface area (Å²) in [7, 11) is 1.63. The van der Waals surface area contributed by atoms with Gasteiger partial charge in [-0.05, 0) is 38.0 Å². The zero-order valence-corrected chi connectivity index (χ0v) is 13.3. The van der Waals surface area contributed by atoms with Gasteiger partial charge in [0, 0.05) is 12.6 Å². The van der Waals surface area contributed by atoms with Crippen molar-refractivity contribution >= 4 is 11.9 Å². The molecule has 0 spiro atoms. The second-order valence-electron chi connectivity index (χ2n) is 5.64. The molecule has 2 N–H and O–H groups in total. The first-order chi connectivity index (χ1) is 10.5. The molecule has 1 aromatic carbocycles. The quantitative estimate of drug-likeness (QED) is 0.828. The SMILES string of the molecule is COc1ccc(CCNC(=O)C2CN(C(C)C)C(=O)N2)cc1. The highest BCUT2D eigenvalue weighted by Crippen LogP contribution is 2.11. The lowest BCUT2D eigenvalue weighted by molar-refractivity contribution is -0.122. The topological polar surface area (TPSA) is 70.7 Å². The molecule has 3 amide bonds. The van der Waals surface area contributed by atoms with Crippen molar-refractivity contribution in [3.8, 4) is 5.75 Å². The second-order valence-corrected chi connectivity index (χ2v) is 5.64. The van der Waals surface area contributed by atoms with E-state index in [1.165, 1.54) is 0 Å². The number of amides is 3. The van der Waals surface area contributed by atoms with E-state index < -0.39 is 6.04 Å². The Morgan fingerprint density at radius 2 is 2.09 bits per heavy atom. The van der Waals surface area contributed by atoms with Crippen LogP contribution < -0.4 is 15.4 Å². The van der Waals surface area contributed by atoms with Gasteiger partial charge in [-0.15, -0.1) is 0 Å². The molecule has 22 heavy (non-hydrogen) atoms. The van der Waals surface area contributed by atoms with Crippen LogP contribution in [-0.2, 0) is 11.2 Å². The molecule has 6 nitrogen and oxygen atoms in total. The molecule has 1 heterocycles. The van der Waals surface area contributed by atoms with Crippen LogP contribution in [0.25, 0.3) is 0 Å². The van der Waals surface area contributed by atoms with Crippen molar-refractivity contribution in [2.75, 3.05) is 20.2 Å². The average molecular weight is 305 g/mol. The molecule has 2 rings (SSSR count). The Morgan fingerprint density at radius 3 is 2.64 bits per heavy atom. The number of rotatable bonds is 6. The van der Waals surface area contributed by atoms with Crippen LogP contribution in [-0.4, -0.2) is 49.1 Å². The molecule has 6 heteroatoms. The van der Waals surface area contributed by atoms with Crippen molar-refractivity contribution in [2.45, 2.75) is 32.4 Å². The highest BCUT2D eigenvalue weighted by molar-refractivity contribution is 5.90. The molecule has 0 aromatic heterocycles. The van der Waals surface area contributed by atoms with Crippen molar-refractivity contribution in [2.24, 2.45) is 0 Å². The van der Waals surface area contributed by atoms with Gasteiger partial charge < -0.3 is 20.3 Å². The van der Waals surface area contributed by atoms with Crippen LogP contribution in [0, 0.1) is 0 Å². The molecule has 1 aliphatic rings. The van der Waals surface area contributed by atoms with Crippen LogP contribution in [0.3, 0.4) is 0 Å². The van der Waals surface area contributed by atoms with Crippen molar-refractivity contribution in [3.05, 3.63) is 29.8 Å². The Morgan fingerprint density at radius 1 is 1.41 bits per heavy atom. The maximum atomic E-state index is 12.1. The van der Waals surface area contributed by atoms with Crippen LogP contribution in [0.5, 0.6) is 5.75 Å². The minimum absolute atomic E-state index is 0.0945. The number of nitrogens with one attached hydrogen (secondary N) is 2. The number of carbonyl (C=O) groups excluding carboxylic acids is 2. The summed E-state index contributed by atoms with van der Waals surface area (Å²) in [5.74, 6) is 0.681. The molecule has 1 unspecified atom stereocenters. The fourth-order valence-electron chi connectivity index (χ4n) is 2.40. The largest absolute Gasteiger partial charge is 0.497 e. The molecule has 0 saturated carbocycles. The van der Waals surface area contributed by atoms with E-state index in [-0.39, 0.29) is 18.0 Å². The zero-order chi connectivity index (χ0) is 16.1. The Hall–Kier alpha value is -2.24. The molecular formula is C16H23N3O3. The van der Waals surface area contributed by atoms with Crippen LogP contribution in [0.1, 0.15) is 19.4 Å². The number of methoxy groups -OCH3 is 1. The van der Waals surface area contributed by atoms with Crippen molar-refractivity contribution in [3.63, 3.8) is 0 Å². The van der Waals surface area contributed by atoms with Crippen LogP contribution >= 0.6 is 0 Å². The standard InChI is InChI=1S/C16H23N3O3/c1-11(2)19-10-14(18-16(19)21)15(20)17-9-8-12-4-6-13(22-3)7-5-12/h4-7,11,14H,8-10H2,1-3H3,(H,17,20)(H,18,21). The highest BCUT2D eigenvalue weighted by Gasteiger charge is 2.34. The van der Waals surface area contributed by atoms with Crippen LogP contribution in [0.15, 0.2) is 24.3 Å². The van der Waals surface area contributed by atoms with E-state index in [4.69, 9.17) is 4.74 Å². The molecule has 1 aromatic rings. The molecule has 1 aliphatic heterocycles. The fourth-order valence-corrected chi connectivity index (χ4v) is 2.40. The van der Waals surface area contributed by atoms with Gasteiger partial charge in [-0.25, -0.2) is 4.79 Å². The summed E-state index contributed by atoms with van der Waals surface area (Å²) in [4.78, 5) is 25.4. The third-order valence-corrected chi connectivity index (χ3v) is 3.75. The Balaban J connectivity index is 1.77. The van der Waals surface area contributed by atoms with Gasteiger partial charge in [-0.1, -0.05) is 12.1 Å². The number of ether oxygens (including phenoxy) is 1. The van der Waals surface area contributed by atoms with Gasteiger partial charge >= 0.3 is 6.03 Å². The molecule has 0 aliphatic carbocycles. The number of urea groups is 1. The molecular weight excluding hydrogens is 282 g/mol. The maximum Gasteiger partial charge on any atom is 0.318 e. The van der Waals surface area contributed by atoms with Crippen molar-refractivity contribution in [1.29, 1.82) is 0 Å². The third-order valence-electron chi connectivity index (χ3n) is 3.75. The van der Waals surface area contributed by atoms with Gasteiger partial charge in [0.1, 0.15) is 11.8 Å². The summed E-state index contributed by atoms with van der Waals surface area (Å²) in [6, 6.07) is 7.20. The number of nitrogens with zero attached hydrogens (tertiary/aromatic N) is 1. The molecule has 1 saturated heterocycles. The normalized spacial score (nSPS) is 17.5. The number of carbonyl (C=O) groups is 2. The Kier molecular flexibility index (Phi) is 5.25. The van der Waals surface area contributed by atoms with Gasteiger partial charge in [0.25, 0.3) is 0 Å². The lowest BCUT2D eigenvalue weighted by atomic mass is 10.1. The molecule has 120 valence electrons. The van der Waals surface area contributed by atoms with E-state index in [0.29, 0.717) is 13.1 Å². The fraction of sp³-hybridized carbons (Fsp3) is 0.500. The highest BCUT2D eigenvalue weighted by atomic mass is 16.5. The van der Waals surface area contributed by atoms with Gasteiger partial charge in [-0.2, -0.15) is 0 Å². The molecule has 1 fully saturated rings. The van der Waals surface area contributed by atoms with E-state index in [9.17, 15) is 9.59 Å². The molecule has 1 atom stereocenters. The minimum atomic E-state index is -0.467. The lowest BCUT2D eigenvalue weighted by Gasteiger charge is -2.18. The third kappa shape index (κ3) is 3.90. The first kappa shape index (κ1) is 16.1. The number of benzene rings is 1. The van der Waals surface area contributed by atoms with Crippen LogP contribution in [0.4, 0.5) is 4.79 Å². The lowest BCUT2D eigenvalue weighted by Crippen LogP contribution is -2.43. The number of hydrogen-bond donors (Lipinski definition) is 2. The second kappa shape index (κ2) is 7.15. The predicted octanol–water partition coefficient (Wildman–Crippen LogP) is 1.16. The maximum absolute atomic E-state index is 12.1. The summed E-state index contributed by atoms with van der Waals surface area (Å²) in [5, 5.41) is 5.58.